The first kappa shape index (κ1) is 14.7. The van der Waals surface area contributed by atoms with Crippen LogP contribution in [0.3, 0.4) is 0 Å². The second-order valence-corrected chi connectivity index (χ2v) is 5.07. The summed E-state index contributed by atoms with van der Waals surface area (Å²) in [4.78, 5) is 30.0. The number of nitrogen functional groups attached to an aromatic ring is 1. The average molecular weight is 313 g/mol. The summed E-state index contributed by atoms with van der Waals surface area (Å²) < 4.78 is 7.24. The summed E-state index contributed by atoms with van der Waals surface area (Å²) in [6.07, 6.45) is -5.20. The molecule has 1 saturated heterocycles. The molecule has 6 N–H and O–H groups in total. The molecule has 0 bridgehead atoms. The molecular formula is C11H15N5O6. The van der Waals surface area contributed by atoms with E-state index in [9.17, 15) is 19.8 Å². The monoisotopic (exact) mass is 313 g/mol. The molecule has 1 aliphatic heterocycles. The van der Waals surface area contributed by atoms with Crippen molar-refractivity contribution in [2.45, 2.75) is 24.5 Å². The number of ether oxygens (including phenoxy) is 1. The zero-order valence-corrected chi connectivity index (χ0v) is 11.5. The molecule has 0 aromatic carbocycles. The van der Waals surface area contributed by atoms with Crippen LogP contribution in [-0.4, -0.2) is 59.3 Å². The maximum atomic E-state index is 12.1. The lowest BCUT2D eigenvalue weighted by Crippen LogP contribution is -2.35. The number of aromatic amines is 1. The number of nitrogens with one attached hydrogen (secondary N) is 1. The minimum atomic E-state index is -1.47. The predicted octanol–water partition coefficient (Wildman–Crippen LogP) is -3.38. The van der Waals surface area contributed by atoms with Crippen molar-refractivity contribution in [3.8, 4) is 0 Å². The number of aromatic nitrogens is 4. The number of hydrogen-bond donors (Lipinski definition) is 5. The number of nitrogens with two attached hydrogens (primary N) is 1. The van der Waals surface area contributed by atoms with E-state index < -0.39 is 42.5 Å². The Labute approximate surface area is 122 Å². The molecule has 1 fully saturated rings. The molecule has 0 aliphatic carbocycles. The highest BCUT2D eigenvalue weighted by Gasteiger charge is 2.44. The number of imidazole rings is 1. The van der Waals surface area contributed by atoms with Gasteiger partial charge < -0.3 is 30.8 Å². The fourth-order valence-electron chi connectivity index (χ4n) is 2.49. The molecule has 120 valence electrons. The standard InChI is InChI=1S/C11H15N5O6/c1-15-7(12)4-8(14-10(15)20)16(11(21)13-4)9-6(19)5(18)3(2-17)22-9/h3,5-6,9,17-19H,2,12H2,1H3,(H,13,21)/t3-,5-,6-,9-/m1/s1. The molecule has 0 saturated carbocycles. The van der Waals surface area contributed by atoms with E-state index >= 15 is 0 Å². The highest BCUT2D eigenvalue weighted by Crippen LogP contribution is 2.30. The van der Waals surface area contributed by atoms with Crippen LogP contribution in [0.5, 0.6) is 0 Å². The normalized spacial score (nSPS) is 28.5. The molecule has 0 unspecified atom stereocenters. The van der Waals surface area contributed by atoms with Crippen LogP contribution in [-0.2, 0) is 11.8 Å². The number of nitrogens with zero attached hydrogens (tertiary/aromatic N) is 3. The van der Waals surface area contributed by atoms with Crippen molar-refractivity contribution in [1.82, 2.24) is 19.1 Å². The van der Waals surface area contributed by atoms with E-state index in [1.165, 1.54) is 7.05 Å². The molecule has 3 heterocycles. The number of anilines is 1. The van der Waals surface area contributed by atoms with Gasteiger partial charge in [0.15, 0.2) is 11.9 Å². The second kappa shape index (κ2) is 4.91. The molecule has 2 aromatic rings. The molecule has 11 heteroatoms. The van der Waals surface area contributed by atoms with Crippen LogP contribution in [0.15, 0.2) is 9.59 Å². The van der Waals surface area contributed by atoms with Gasteiger partial charge >= 0.3 is 11.4 Å². The fraction of sp³-hybridized carbons (Fsp3) is 0.545. The summed E-state index contributed by atoms with van der Waals surface area (Å²) in [5, 5.41) is 28.9. The van der Waals surface area contributed by atoms with Crippen molar-refractivity contribution in [3.63, 3.8) is 0 Å². The van der Waals surface area contributed by atoms with Gasteiger partial charge in [0.25, 0.3) is 0 Å². The van der Waals surface area contributed by atoms with Gasteiger partial charge in [-0.05, 0) is 0 Å². The van der Waals surface area contributed by atoms with Gasteiger partial charge in [0.2, 0.25) is 0 Å². The summed E-state index contributed by atoms with van der Waals surface area (Å²) >= 11 is 0. The Hall–Kier alpha value is -2.21. The van der Waals surface area contributed by atoms with Crippen molar-refractivity contribution in [2.75, 3.05) is 12.3 Å². The number of rotatable bonds is 2. The number of aliphatic hydroxyl groups is 3. The molecule has 0 spiro atoms. The lowest BCUT2D eigenvalue weighted by atomic mass is 10.1. The molecule has 11 nitrogen and oxygen atoms in total. The van der Waals surface area contributed by atoms with E-state index in [0.717, 1.165) is 9.13 Å². The van der Waals surface area contributed by atoms with Gasteiger partial charge in [0.05, 0.1) is 6.61 Å². The SMILES string of the molecule is Cn1c(N)c2[nH]c(=O)n([C@@H]3O[C@H](CO)[C@@H](O)[C@H]3O)c2nc1=O. The third kappa shape index (κ3) is 1.87. The van der Waals surface area contributed by atoms with Gasteiger partial charge in [0.1, 0.15) is 29.6 Å². The Bertz CT molecular complexity index is 838. The summed E-state index contributed by atoms with van der Waals surface area (Å²) in [6, 6.07) is 0. The number of aliphatic hydroxyl groups excluding tert-OH is 3. The average Bonchev–Trinajstić information content (AvgIpc) is 2.95. The smallest absolute Gasteiger partial charge is 0.350 e. The lowest BCUT2D eigenvalue weighted by molar-refractivity contribution is -0.0525. The Morgan fingerprint density at radius 3 is 2.64 bits per heavy atom. The van der Waals surface area contributed by atoms with Crippen molar-refractivity contribution in [1.29, 1.82) is 0 Å². The number of fused-ring (bicyclic) bond motifs is 1. The van der Waals surface area contributed by atoms with Crippen LogP contribution in [0.2, 0.25) is 0 Å². The summed E-state index contributed by atoms with van der Waals surface area (Å²) in [5.74, 6) is -0.00223. The van der Waals surface area contributed by atoms with Crippen molar-refractivity contribution >= 4 is 17.0 Å². The lowest BCUT2D eigenvalue weighted by Gasteiger charge is -2.15. The van der Waals surface area contributed by atoms with Gasteiger partial charge in [-0.25, -0.2) is 14.2 Å². The topological polar surface area (TPSA) is 169 Å². The van der Waals surface area contributed by atoms with E-state index in [1.54, 1.807) is 0 Å². The summed E-state index contributed by atoms with van der Waals surface area (Å²) in [7, 11) is 1.40. The van der Waals surface area contributed by atoms with Gasteiger partial charge in [-0.1, -0.05) is 0 Å². The van der Waals surface area contributed by atoms with Gasteiger partial charge in [-0.3, -0.25) is 4.57 Å². The first-order valence-corrected chi connectivity index (χ1v) is 6.46. The Balaban J connectivity index is 2.22. The van der Waals surface area contributed by atoms with Crippen LogP contribution in [0, 0.1) is 0 Å². The Kier molecular flexibility index (Phi) is 3.29. The molecule has 2 aromatic heterocycles. The summed E-state index contributed by atoms with van der Waals surface area (Å²) in [5.41, 5.74) is 4.38. The number of hydrogen-bond acceptors (Lipinski definition) is 8. The van der Waals surface area contributed by atoms with Crippen LogP contribution in [0.1, 0.15) is 6.23 Å². The second-order valence-electron chi connectivity index (χ2n) is 5.07. The first-order valence-electron chi connectivity index (χ1n) is 6.46. The molecule has 22 heavy (non-hydrogen) atoms. The van der Waals surface area contributed by atoms with E-state index in [-0.39, 0.29) is 17.0 Å². The highest BCUT2D eigenvalue weighted by atomic mass is 16.6. The molecular weight excluding hydrogens is 298 g/mol. The van der Waals surface area contributed by atoms with Crippen LogP contribution in [0.25, 0.3) is 11.2 Å². The Morgan fingerprint density at radius 2 is 2.05 bits per heavy atom. The molecule has 0 amide bonds. The third-order valence-corrected chi connectivity index (χ3v) is 3.78. The molecule has 3 rings (SSSR count). The van der Waals surface area contributed by atoms with Crippen LogP contribution >= 0.6 is 0 Å². The van der Waals surface area contributed by atoms with Gasteiger partial charge in [-0.2, -0.15) is 4.98 Å². The zero-order valence-electron chi connectivity index (χ0n) is 11.5. The van der Waals surface area contributed by atoms with Crippen molar-refractivity contribution in [3.05, 3.63) is 21.0 Å². The van der Waals surface area contributed by atoms with Gasteiger partial charge in [0, 0.05) is 7.05 Å². The first-order chi connectivity index (χ1) is 10.4. The fourth-order valence-corrected chi connectivity index (χ4v) is 2.49. The van der Waals surface area contributed by atoms with E-state index in [2.05, 4.69) is 9.97 Å². The van der Waals surface area contributed by atoms with E-state index in [1.807, 2.05) is 0 Å². The van der Waals surface area contributed by atoms with Gasteiger partial charge in [-0.15, -0.1) is 0 Å². The van der Waals surface area contributed by atoms with Crippen molar-refractivity contribution < 1.29 is 20.1 Å². The predicted molar refractivity (Wildman–Crippen MR) is 73.0 cm³/mol. The Morgan fingerprint density at radius 1 is 1.36 bits per heavy atom. The van der Waals surface area contributed by atoms with E-state index in [0.29, 0.717) is 0 Å². The minimum absolute atomic E-state index is 0.00223. The third-order valence-electron chi connectivity index (χ3n) is 3.78. The highest BCUT2D eigenvalue weighted by molar-refractivity contribution is 5.81. The van der Waals surface area contributed by atoms with Crippen LogP contribution < -0.4 is 17.1 Å². The molecule has 4 atom stereocenters. The maximum absolute atomic E-state index is 12.1. The van der Waals surface area contributed by atoms with Crippen LogP contribution in [0.4, 0.5) is 5.82 Å². The van der Waals surface area contributed by atoms with Crippen molar-refractivity contribution in [2.24, 2.45) is 7.05 Å². The molecule has 0 radical (unpaired) electrons. The maximum Gasteiger partial charge on any atom is 0.350 e. The zero-order chi connectivity index (χ0) is 16.2. The quantitative estimate of drug-likeness (QED) is 0.382. The largest absolute Gasteiger partial charge is 0.394 e. The number of H-pyrrole nitrogens is 1. The summed E-state index contributed by atoms with van der Waals surface area (Å²) in [6.45, 7) is -0.539. The molecule has 1 aliphatic rings. The minimum Gasteiger partial charge on any atom is -0.394 e. The van der Waals surface area contributed by atoms with E-state index in [4.69, 9.17) is 15.6 Å².